The second kappa shape index (κ2) is 5.96. The standard InChI is InChI=1S/C17H15N7/c18-15-16(20-9-12-4-3-7-19-8-12)21-10-22-17(15)24-11-23-13-5-1-2-6-14(13)24/h1-8,10-11H,9,18H2,(H,20,21,22). The molecule has 0 spiro atoms. The molecule has 0 unspecified atom stereocenters. The number of anilines is 2. The van der Waals surface area contributed by atoms with Gasteiger partial charge < -0.3 is 11.1 Å². The van der Waals surface area contributed by atoms with E-state index in [1.807, 2.05) is 41.0 Å². The highest BCUT2D eigenvalue weighted by Crippen LogP contribution is 2.25. The first-order chi connectivity index (χ1) is 11.8. The van der Waals surface area contributed by atoms with Gasteiger partial charge in [0.25, 0.3) is 0 Å². The Hall–Kier alpha value is -3.48. The summed E-state index contributed by atoms with van der Waals surface area (Å²) in [5.41, 5.74) is 9.64. The van der Waals surface area contributed by atoms with Crippen LogP contribution >= 0.6 is 0 Å². The summed E-state index contributed by atoms with van der Waals surface area (Å²) in [6.07, 6.45) is 6.75. The van der Waals surface area contributed by atoms with E-state index in [-0.39, 0.29) is 0 Å². The van der Waals surface area contributed by atoms with E-state index in [0.29, 0.717) is 23.9 Å². The fourth-order valence-corrected chi connectivity index (χ4v) is 2.54. The molecule has 3 heterocycles. The SMILES string of the molecule is Nc1c(NCc2cccnc2)ncnc1-n1cnc2ccccc21. The van der Waals surface area contributed by atoms with Crippen molar-refractivity contribution in [3.8, 4) is 5.82 Å². The molecule has 0 amide bonds. The quantitative estimate of drug-likeness (QED) is 0.600. The van der Waals surface area contributed by atoms with Gasteiger partial charge >= 0.3 is 0 Å². The Morgan fingerprint density at radius 3 is 2.83 bits per heavy atom. The predicted molar refractivity (Wildman–Crippen MR) is 92.6 cm³/mol. The third-order valence-corrected chi connectivity index (χ3v) is 3.73. The zero-order chi connectivity index (χ0) is 16.4. The highest BCUT2D eigenvalue weighted by molar-refractivity contribution is 5.80. The van der Waals surface area contributed by atoms with E-state index in [1.54, 1.807) is 18.7 Å². The van der Waals surface area contributed by atoms with Crippen LogP contribution < -0.4 is 11.1 Å². The summed E-state index contributed by atoms with van der Waals surface area (Å²) in [5, 5.41) is 3.23. The molecule has 0 atom stereocenters. The zero-order valence-corrected chi connectivity index (χ0v) is 12.8. The van der Waals surface area contributed by atoms with Crippen LogP contribution in [0.3, 0.4) is 0 Å². The first-order valence-corrected chi connectivity index (χ1v) is 7.48. The highest BCUT2D eigenvalue weighted by atomic mass is 15.2. The monoisotopic (exact) mass is 317 g/mol. The molecule has 7 heteroatoms. The van der Waals surface area contributed by atoms with Gasteiger partial charge in [0.05, 0.1) is 11.0 Å². The number of fused-ring (bicyclic) bond motifs is 1. The first-order valence-electron chi connectivity index (χ1n) is 7.48. The van der Waals surface area contributed by atoms with Gasteiger partial charge in [-0.3, -0.25) is 9.55 Å². The predicted octanol–water partition coefficient (Wildman–Crippen LogP) is 2.40. The van der Waals surface area contributed by atoms with E-state index in [1.165, 1.54) is 6.33 Å². The van der Waals surface area contributed by atoms with Crippen LogP contribution in [0.25, 0.3) is 16.9 Å². The zero-order valence-electron chi connectivity index (χ0n) is 12.8. The molecule has 0 saturated carbocycles. The smallest absolute Gasteiger partial charge is 0.167 e. The van der Waals surface area contributed by atoms with E-state index >= 15 is 0 Å². The minimum atomic E-state index is 0.476. The number of rotatable bonds is 4. The molecule has 0 radical (unpaired) electrons. The lowest BCUT2D eigenvalue weighted by Crippen LogP contribution is -2.09. The van der Waals surface area contributed by atoms with Crippen LogP contribution in [0.4, 0.5) is 11.5 Å². The molecule has 3 N–H and O–H groups in total. The maximum atomic E-state index is 6.28. The number of nitrogens with two attached hydrogens (primary N) is 1. The fourth-order valence-electron chi connectivity index (χ4n) is 2.54. The van der Waals surface area contributed by atoms with Crippen LogP contribution in [0.5, 0.6) is 0 Å². The van der Waals surface area contributed by atoms with Crippen LogP contribution in [-0.2, 0) is 6.54 Å². The lowest BCUT2D eigenvalue weighted by Gasteiger charge is -2.12. The number of aromatic nitrogens is 5. The average molecular weight is 317 g/mol. The Morgan fingerprint density at radius 1 is 1.04 bits per heavy atom. The van der Waals surface area contributed by atoms with Crippen LogP contribution in [0, 0.1) is 0 Å². The van der Waals surface area contributed by atoms with Gasteiger partial charge in [0.2, 0.25) is 0 Å². The number of benzene rings is 1. The average Bonchev–Trinajstić information content (AvgIpc) is 3.06. The van der Waals surface area contributed by atoms with E-state index < -0.39 is 0 Å². The molecule has 0 aliphatic heterocycles. The van der Waals surface area contributed by atoms with E-state index in [2.05, 4.69) is 25.3 Å². The highest BCUT2D eigenvalue weighted by Gasteiger charge is 2.12. The lowest BCUT2D eigenvalue weighted by molar-refractivity contribution is 0.990. The third-order valence-electron chi connectivity index (χ3n) is 3.73. The van der Waals surface area contributed by atoms with Gasteiger partial charge in [-0.15, -0.1) is 0 Å². The Balaban J connectivity index is 1.68. The Bertz CT molecular complexity index is 979. The molecule has 0 aliphatic rings. The van der Waals surface area contributed by atoms with Crippen molar-refractivity contribution in [2.24, 2.45) is 0 Å². The first kappa shape index (κ1) is 14.1. The van der Waals surface area contributed by atoms with Crippen LogP contribution in [-0.4, -0.2) is 24.5 Å². The van der Waals surface area contributed by atoms with Crippen molar-refractivity contribution >= 4 is 22.5 Å². The van der Waals surface area contributed by atoms with E-state index in [0.717, 1.165) is 16.6 Å². The molecule has 118 valence electrons. The number of hydrogen-bond acceptors (Lipinski definition) is 6. The Kier molecular flexibility index (Phi) is 3.51. The fraction of sp³-hybridized carbons (Fsp3) is 0.0588. The van der Waals surface area contributed by atoms with E-state index in [9.17, 15) is 0 Å². The number of pyridine rings is 1. The van der Waals surface area contributed by atoms with Crippen molar-refractivity contribution in [2.75, 3.05) is 11.1 Å². The molecule has 7 nitrogen and oxygen atoms in total. The van der Waals surface area contributed by atoms with Crippen LogP contribution in [0.1, 0.15) is 5.56 Å². The lowest BCUT2D eigenvalue weighted by atomic mass is 10.3. The molecular weight excluding hydrogens is 302 g/mol. The molecule has 0 saturated heterocycles. The van der Waals surface area contributed by atoms with Crippen molar-refractivity contribution in [1.82, 2.24) is 24.5 Å². The normalized spacial score (nSPS) is 10.8. The summed E-state index contributed by atoms with van der Waals surface area (Å²) >= 11 is 0. The van der Waals surface area contributed by atoms with E-state index in [4.69, 9.17) is 5.73 Å². The van der Waals surface area contributed by atoms with Gasteiger partial charge in [0.1, 0.15) is 18.3 Å². The minimum absolute atomic E-state index is 0.476. The van der Waals surface area contributed by atoms with Gasteiger partial charge in [-0.2, -0.15) is 0 Å². The molecule has 4 rings (SSSR count). The summed E-state index contributed by atoms with van der Waals surface area (Å²) in [7, 11) is 0. The van der Waals surface area contributed by atoms with Crippen molar-refractivity contribution in [1.29, 1.82) is 0 Å². The number of nitrogens with zero attached hydrogens (tertiary/aromatic N) is 5. The number of para-hydroxylation sites is 2. The summed E-state index contributed by atoms with van der Waals surface area (Å²) in [4.78, 5) is 17.0. The summed E-state index contributed by atoms with van der Waals surface area (Å²) in [6, 6.07) is 11.7. The molecule has 24 heavy (non-hydrogen) atoms. The van der Waals surface area contributed by atoms with Gasteiger partial charge in [-0.25, -0.2) is 15.0 Å². The van der Waals surface area contributed by atoms with Crippen molar-refractivity contribution in [3.63, 3.8) is 0 Å². The van der Waals surface area contributed by atoms with Gasteiger partial charge in [-0.05, 0) is 23.8 Å². The Morgan fingerprint density at radius 2 is 1.96 bits per heavy atom. The number of hydrogen-bond donors (Lipinski definition) is 2. The largest absolute Gasteiger partial charge is 0.393 e. The van der Waals surface area contributed by atoms with Gasteiger partial charge in [-0.1, -0.05) is 18.2 Å². The number of imidazole rings is 1. The summed E-state index contributed by atoms with van der Waals surface area (Å²) in [5.74, 6) is 1.19. The molecule has 0 aliphatic carbocycles. The number of nitrogen functional groups attached to an aromatic ring is 1. The molecule has 0 fully saturated rings. The maximum Gasteiger partial charge on any atom is 0.167 e. The minimum Gasteiger partial charge on any atom is -0.393 e. The van der Waals surface area contributed by atoms with Gasteiger partial charge in [0, 0.05) is 18.9 Å². The molecule has 4 aromatic rings. The van der Waals surface area contributed by atoms with Crippen LogP contribution in [0.2, 0.25) is 0 Å². The molecule has 3 aromatic heterocycles. The summed E-state index contributed by atoms with van der Waals surface area (Å²) in [6.45, 7) is 0.583. The van der Waals surface area contributed by atoms with Crippen molar-refractivity contribution in [2.45, 2.75) is 6.54 Å². The van der Waals surface area contributed by atoms with Crippen molar-refractivity contribution in [3.05, 3.63) is 67.0 Å². The second-order valence-electron chi connectivity index (χ2n) is 5.28. The molecule has 0 bridgehead atoms. The third kappa shape index (κ3) is 2.52. The van der Waals surface area contributed by atoms with Crippen LogP contribution in [0.15, 0.2) is 61.4 Å². The molecular formula is C17H15N7. The second-order valence-corrected chi connectivity index (χ2v) is 5.28. The number of nitrogens with one attached hydrogen (secondary N) is 1. The summed E-state index contributed by atoms with van der Waals surface area (Å²) < 4.78 is 1.86. The topological polar surface area (TPSA) is 94.5 Å². The molecule has 1 aromatic carbocycles. The maximum absolute atomic E-state index is 6.28. The Labute approximate surface area is 138 Å². The van der Waals surface area contributed by atoms with Crippen molar-refractivity contribution < 1.29 is 0 Å². The van der Waals surface area contributed by atoms with Gasteiger partial charge in [0.15, 0.2) is 11.6 Å².